The fourth-order valence-corrected chi connectivity index (χ4v) is 3.67. The molecule has 1 atom stereocenters. The Morgan fingerprint density at radius 1 is 1.14 bits per heavy atom. The Labute approximate surface area is 172 Å². The lowest BCUT2D eigenvalue weighted by Gasteiger charge is -2.22. The number of hydrogen-bond donors (Lipinski definition) is 2. The van der Waals surface area contributed by atoms with Crippen molar-refractivity contribution in [3.05, 3.63) is 64.1 Å². The van der Waals surface area contributed by atoms with Crippen LogP contribution in [0, 0.1) is 0 Å². The molecule has 0 fully saturated rings. The number of halogens is 1. The highest BCUT2D eigenvalue weighted by atomic mass is 79.9. The van der Waals surface area contributed by atoms with Gasteiger partial charge in [-0.2, -0.15) is 0 Å². The van der Waals surface area contributed by atoms with Crippen LogP contribution in [0.3, 0.4) is 0 Å². The first-order chi connectivity index (χ1) is 13.5. The molecule has 7 heteroatoms. The van der Waals surface area contributed by atoms with Crippen LogP contribution in [0.15, 0.2) is 53.0 Å². The summed E-state index contributed by atoms with van der Waals surface area (Å²) < 4.78 is 0.937. The van der Waals surface area contributed by atoms with Gasteiger partial charge in [0.1, 0.15) is 6.04 Å². The van der Waals surface area contributed by atoms with Gasteiger partial charge in [0.15, 0.2) is 0 Å². The van der Waals surface area contributed by atoms with Crippen molar-refractivity contribution >= 4 is 39.3 Å². The molecule has 2 aromatic rings. The zero-order valence-corrected chi connectivity index (χ0v) is 17.2. The standard InChI is InChI=1S/C21H22BrN3O3/c1-25-18-10-8-16(22)13-15(18)7-9-17(21(25)28)24-20(27)19(26)23-12-11-14-5-3-2-4-6-14/h2-6,8,10,13,17H,7,9,11-12H2,1H3,(H,23,26)(H,24,27). The van der Waals surface area contributed by atoms with Crippen molar-refractivity contribution in [2.45, 2.75) is 25.3 Å². The van der Waals surface area contributed by atoms with Gasteiger partial charge in [0, 0.05) is 23.8 Å². The minimum absolute atomic E-state index is 0.230. The third-order valence-corrected chi connectivity index (χ3v) is 5.28. The molecule has 1 unspecified atom stereocenters. The molecule has 0 saturated carbocycles. The number of carbonyl (C=O) groups is 3. The zero-order chi connectivity index (χ0) is 20.1. The molecule has 3 amide bonds. The van der Waals surface area contributed by atoms with Gasteiger partial charge in [0.05, 0.1) is 0 Å². The van der Waals surface area contributed by atoms with Crippen molar-refractivity contribution in [3.8, 4) is 0 Å². The molecule has 0 aliphatic carbocycles. The van der Waals surface area contributed by atoms with E-state index in [1.54, 1.807) is 7.05 Å². The van der Waals surface area contributed by atoms with E-state index in [1.807, 2.05) is 48.5 Å². The summed E-state index contributed by atoms with van der Waals surface area (Å²) in [6.45, 7) is 0.355. The van der Waals surface area contributed by atoms with Gasteiger partial charge in [-0.1, -0.05) is 46.3 Å². The highest BCUT2D eigenvalue weighted by Gasteiger charge is 2.30. The molecule has 0 spiro atoms. The minimum Gasteiger partial charge on any atom is -0.348 e. The van der Waals surface area contributed by atoms with Gasteiger partial charge in [-0.3, -0.25) is 14.4 Å². The number of carbonyl (C=O) groups excluding carboxylic acids is 3. The second-order valence-electron chi connectivity index (χ2n) is 6.73. The van der Waals surface area contributed by atoms with Crippen LogP contribution in [-0.4, -0.2) is 37.4 Å². The van der Waals surface area contributed by atoms with Gasteiger partial charge in [0.2, 0.25) is 5.91 Å². The summed E-state index contributed by atoms with van der Waals surface area (Å²) >= 11 is 3.44. The molecule has 1 aliphatic rings. The van der Waals surface area contributed by atoms with Crippen LogP contribution in [0.5, 0.6) is 0 Å². The number of benzene rings is 2. The maximum atomic E-state index is 12.7. The second-order valence-corrected chi connectivity index (χ2v) is 7.64. The van der Waals surface area contributed by atoms with Crippen molar-refractivity contribution < 1.29 is 14.4 Å². The number of nitrogens with zero attached hydrogens (tertiary/aromatic N) is 1. The van der Waals surface area contributed by atoms with Gasteiger partial charge in [0.25, 0.3) is 0 Å². The summed E-state index contributed by atoms with van der Waals surface area (Å²) in [6.07, 6.45) is 1.70. The van der Waals surface area contributed by atoms with Gasteiger partial charge in [-0.15, -0.1) is 0 Å². The van der Waals surface area contributed by atoms with Crippen LogP contribution in [0.25, 0.3) is 0 Å². The molecule has 2 N–H and O–H groups in total. The van der Waals surface area contributed by atoms with E-state index in [9.17, 15) is 14.4 Å². The zero-order valence-electron chi connectivity index (χ0n) is 15.6. The van der Waals surface area contributed by atoms with Crippen LogP contribution in [-0.2, 0) is 27.2 Å². The number of aryl methyl sites for hydroxylation is 1. The van der Waals surface area contributed by atoms with E-state index in [0.29, 0.717) is 25.8 Å². The van der Waals surface area contributed by atoms with E-state index in [2.05, 4.69) is 26.6 Å². The van der Waals surface area contributed by atoms with E-state index < -0.39 is 17.9 Å². The molecule has 146 valence electrons. The highest BCUT2D eigenvalue weighted by Crippen LogP contribution is 2.28. The lowest BCUT2D eigenvalue weighted by molar-refractivity contribution is -0.140. The number of hydrogen-bond acceptors (Lipinski definition) is 3. The third-order valence-electron chi connectivity index (χ3n) is 4.79. The van der Waals surface area contributed by atoms with Gasteiger partial charge >= 0.3 is 11.8 Å². The Morgan fingerprint density at radius 2 is 1.89 bits per heavy atom. The molecular formula is C21H22BrN3O3. The number of likely N-dealkylation sites (N-methyl/N-ethyl adjacent to an activating group) is 1. The Kier molecular flexibility index (Phi) is 6.46. The molecule has 1 heterocycles. The molecule has 6 nitrogen and oxygen atoms in total. The van der Waals surface area contributed by atoms with Crippen molar-refractivity contribution in [1.82, 2.24) is 10.6 Å². The van der Waals surface area contributed by atoms with Gasteiger partial charge in [-0.05, 0) is 48.6 Å². The number of fused-ring (bicyclic) bond motifs is 1. The smallest absolute Gasteiger partial charge is 0.309 e. The number of rotatable bonds is 4. The quantitative estimate of drug-likeness (QED) is 0.710. The molecule has 0 saturated heterocycles. The van der Waals surface area contributed by atoms with Crippen LogP contribution in [0.2, 0.25) is 0 Å². The van der Waals surface area contributed by atoms with E-state index in [0.717, 1.165) is 21.3 Å². The van der Waals surface area contributed by atoms with E-state index >= 15 is 0 Å². The maximum absolute atomic E-state index is 12.7. The molecule has 2 aromatic carbocycles. The first-order valence-corrected chi connectivity index (χ1v) is 9.93. The number of amides is 3. The summed E-state index contributed by atoms with van der Waals surface area (Å²) in [7, 11) is 1.68. The van der Waals surface area contributed by atoms with E-state index in [4.69, 9.17) is 0 Å². The molecule has 0 radical (unpaired) electrons. The van der Waals surface area contributed by atoms with Gasteiger partial charge in [-0.25, -0.2) is 0 Å². The third kappa shape index (κ3) is 4.78. The predicted octanol–water partition coefficient (Wildman–Crippen LogP) is 2.20. The second kappa shape index (κ2) is 9.01. The van der Waals surface area contributed by atoms with Gasteiger partial charge < -0.3 is 15.5 Å². The largest absolute Gasteiger partial charge is 0.348 e. The fourth-order valence-electron chi connectivity index (χ4n) is 3.26. The normalized spacial score (nSPS) is 16.1. The lowest BCUT2D eigenvalue weighted by Crippen LogP contribution is -2.51. The fraction of sp³-hybridized carbons (Fsp3) is 0.286. The first-order valence-electron chi connectivity index (χ1n) is 9.14. The van der Waals surface area contributed by atoms with Crippen LogP contribution in [0.1, 0.15) is 17.5 Å². The Bertz CT molecular complexity index is 886. The first kappa shape index (κ1) is 20.1. The summed E-state index contributed by atoms with van der Waals surface area (Å²) in [5.74, 6) is -1.74. The SMILES string of the molecule is CN1C(=O)C(NC(=O)C(=O)NCCc2ccccc2)CCc2cc(Br)ccc21. The summed E-state index contributed by atoms with van der Waals surface area (Å²) in [5, 5.41) is 5.19. The molecule has 28 heavy (non-hydrogen) atoms. The Hall–Kier alpha value is -2.67. The topological polar surface area (TPSA) is 78.5 Å². The van der Waals surface area contributed by atoms with Crippen molar-refractivity contribution in [2.24, 2.45) is 0 Å². The lowest BCUT2D eigenvalue weighted by atomic mass is 10.1. The van der Waals surface area contributed by atoms with Crippen LogP contribution < -0.4 is 15.5 Å². The molecule has 3 rings (SSSR count). The number of anilines is 1. The summed E-state index contributed by atoms with van der Waals surface area (Å²) in [6, 6.07) is 14.7. The highest BCUT2D eigenvalue weighted by molar-refractivity contribution is 9.10. The summed E-state index contributed by atoms with van der Waals surface area (Å²) in [4.78, 5) is 38.6. The average Bonchev–Trinajstić information content (AvgIpc) is 2.80. The predicted molar refractivity (Wildman–Crippen MR) is 111 cm³/mol. The average molecular weight is 444 g/mol. The molecule has 0 aromatic heterocycles. The molecule has 1 aliphatic heterocycles. The van der Waals surface area contributed by atoms with Crippen LogP contribution in [0.4, 0.5) is 5.69 Å². The summed E-state index contributed by atoms with van der Waals surface area (Å²) in [5.41, 5.74) is 2.92. The Balaban J connectivity index is 1.56. The number of nitrogens with one attached hydrogen (secondary N) is 2. The van der Waals surface area contributed by atoms with Crippen molar-refractivity contribution in [1.29, 1.82) is 0 Å². The maximum Gasteiger partial charge on any atom is 0.309 e. The monoisotopic (exact) mass is 443 g/mol. The van der Waals surface area contributed by atoms with Crippen LogP contribution >= 0.6 is 15.9 Å². The molecule has 0 bridgehead atoms. The molecular weight excluding hydrogens is 422 g/mol. The van der Waals surface area contributed by atoms with Crippen molar-refractivity contribution in [3.63, 3.8) is 0 Å². The minimum atomic E-state index is -0.785. The Morgan fingerprint density at radius 3 is 2.64 bits per heavy atom. The van der Waals surface area contributed by atoms with E-state index in [1.165, 1.54) is 4.90 Å². The van der Waals surface area contributed by atoms with Crippen molar-refractivity contribution in [2.75, 3.05) is 18.5 Å². The van der Waals surface area contributed by atoms with E-state index in [-0.39, 0.29) is 5.91 Å².